The van der Waals surface area contributed by atoms with Gasteiger partial charge in [-0.15, -0.1) is 0 Å². The Morgan fingerprint density at radius 1 is 0.604 bits per heavy atom. The van der Waals surface area contributed by atoms with Gasteiger partial charge in [0.15, 0.2) is 0 Å². The number of piperidine rings is 2. The molecule has 27 heteroatoms. The fourth-order valence-corrected chi connectivity index (χ4v) is 14.1. The molecule has 4 fully saturated rings. The Bertz CT molecular complexity index is 3870. The Morgan fingerprint density at radius 2 is 1.05 bits per heavy atom. The number of nitrogens with one attached hydrogen (secondary N) is 2. The van der Waals surface area contributed by atoms with Gasteiger partial charge in [0.2, 0.25) is 9.84 Å². The van der Waals surface area contributed by atoms with Gasteiger partial charge in [0.05, 0.1) is 22.0 Å². The minimum Gasteiger partial charge on any atom is -0.444 e. The highest BCUT2D eigenvalue weighted by atomic mass is 32.2. The summed E-state index contributed by atoms with van der Waals surface area (Å²) < 4.78 is 74.2. The van der Waals surface area contributed by atoms with Crippen molar-refractivity contribution in [2.24, 2.45) is 0 Å². The van der Waals surface area contributed by atoms with E-state index in [4.69, 9.17) is 37.9 Å². The molecule has 7 heterocycles. The molecule has 8 atom stereocenters. The number of amides is 2. The minimum atomic E-state index is -3.72. The SMILES string of the molecule is CC[C@H]1O[C@@H](n2cc(C)c(=O)[nH]c2=O)CC1OC(=O)OCCN(Cc1ccccc1)CC1CCCCN1C(=O)OC(C)(C)C.CC[C@H]1O[C@@H](n2cc(C)c(=O)[nH]c2=O)CC1OC(=O)OCCN(Cc1ccccc1)CC1CCCCN1C(=O)OCC1=Cc2ccccc2S1(=O)=O. The molecule has 2 N–H and O–H groups in total. The number of nitrogens with zero attached hydrogens (tertiary/aromatic N) is 6. The van der Waals surface area contributed by atoms with E-state index in [-0.39, 0.29) is 60.6 Å². The predicted molar refractivity (Wildman–Crippen MR) is 354 cm³/mol. The van der Waals surface area contributed by atoms with Crippen LogP contribution in [0.15, 0.2) is 126 Å². The van der Waals surface area contributed by atoms with Crippen molar-refractivity contribution in [1.82, 2.24) is 38.7 Å². The summed E-state index contributed by atoms with van der Waals surface area (Å²) >= 11 is 0. The number of hydrogen-bond acceptors (Lipinski definition) is 20. The molecule has 10 rings (SSSR count). The van der Waals surface area contributed by atoms with Crippen LogP contribution >= 0.6 is 0 Å². The molecular weight excluding hydrogens is 1260 g/mol. The summed E-state index contributed by atoms with van der Waals surface area (Å²) in [5.41, 5.74) is 0.796. The fourth-order valence-electron chi connectivity index (χ4n) is 12.6. The maximum absolute atomic E-state index is 13.4. The zero-order chi connectivity index (χ0) is 68.7. The molecule has 2 aromatic heterocycles. The van der Waals surface area contributed by atoms with E-state index < -0.39 is 93.2 Å². The molecule has 96 heavy (non-hydrogen) atoms. The van der Waals surface area contributed by atoms with Crippen molar-refractivity contribution in [2.45, 2.75) is 185 Å². The molecule has 0 bridgehead atoms. The van der Waals surface area contributed by atoms with Crippen LogP contribution in [-0.4, -0.2) is 173 Å². The summed E-state index contributed by atoms with van der Waals surface area (Å²) in [7, 11) is -3.72. The molecular formula is C69H90N8O18S. The zero-order valence-electron chi connectivity index (χ0n) is 55.7. The van der Waals surface area contributed by atoms with E-state index in [9.17, 15) is 46.8 Å². The summed E-state index contributed by atoms with van der Waals surface area (Å²) in [4.78, 5) is 113. The van der Waals surface area contributed by atoms with Crippen LogP contribution in [0.25, 0.3) is 6.08 Å². The van der Waals surface area contributed by atoms with Crippen LogP contribution in [0.2, 0.25) is 0 Å². The molecule has 3 aromatic carbocycles. The molecule has 0 radical (unpaired) electrons. The lowest BCUT2D eigenvalue weighted by Crippen LogP contribution is -2.51. The number of H-pyrrole nitrogens is 2. The number of benzene rings is 3. The van der Waals surface area contributed by atoms with Gasteiger partial charge in [0.25, 0.3) is 11.1 Å². The summed E-state index contributed by atoms with van der Waals surface area (Å²) in [6.45, 7) is 16.5. The number of rotatable bonds is 22. The average Bonchev–Trinajstić information content (AvgIpc) is 1.62. The van der Waals surface area contributed by atoms with Crippen molar-refractivity contribution >= 4 is 40.4 Å². The van der Waals surface area contributed by atoms with Crippen LogP contribution in [0.5, 0.6) is 0 Å². The number of likely N-dealkylation sites (tertiary alicyclic amines) is 2. The van der Waals surface area contributed by atoms with Crippen molar-refractivity contribution in [3.8, 4) is 0 Å². The van der Waals surface area contributed by atoms with Crippen LogP contribution in [0.1, 0.15) is 139 Å². The van der Waals surface area contributed by atoms with Crippen LogP contribution < -0.4 is 22.5 Å². The van der Waals surface area contributed by atoms with Gasteiger partial charge in [-0.25, -0.2) is 37.2 Å². The predicted octanol–water partition coefficient (Wildman–Crippen LogP) is 8.74. The molecule has 5 aromatic rings. The molecule has 0 saturated carbocycles. The Morgan fingerprint density at radius 3 is 1.50 bits per heavy atom. The summed E-state index contributed by atoms with van der Waals surface area (Å²) in [6, 6.07) is 26.3. The average molecular weight is 1350 g/mol. The van der Waals surface area contributed by atoms with Gasteiger partial charge in [-0.2, -0.15) is 0 Å². The number of sulfone groups is 1. The van der Waals surface area contributed by atoms with Crippen molar-refractivity contribution in [2.75, 3.05) is 59.1 Å². The van der Waals surface area contributed by atoms with Crippen molar-refractivity contribution < 1.29 is 65.5 Å². The number of fused-ring (bicyclic) bond motifs is 1. The molecule has 4 unspecified atom stereocenters. The second-order valence-corrected chi connectivity index (χ2v) is 27.8. The number of hydrogen-bond donors (Lipinski definition) is 2. The molecule has 520 valence electrons. The topological polar surface area (TPSA) is 299 Å². The monoisotopic (exact) mass is 1350 g/mol. The van der Waals surface area contributed by atoms with Crippen molar-refractivity contribution in [3.05, 3.63) is 172 Å². The maximum Gasteiger partial charge on any atom is 0.508 e. The summed E-state index contributed by atoms with van der Waals surface area (Å²) in [6.07, 6.45) is 5.17. The first-order valence-electron chi connectivity index (χ1n) is 33.1. The van der Waals surface area contributed by atoms with Crippen LogP contribution in [0.3, 0.4) is 0 Å². The third-order valence-electron chi connectivity index (χ3n) is 17.6. The molecule has 26 nitrogen and oxygen atoms in total. The van der Waals surface area contributed by atoms with E-state index in [1.54, 1.807) is 49.1 Å². The van der Waals surface area contributed by atoms with E-state index in [0.29, 0.717) is 81.9 Å². The number of carbonyl (C=O) groups is 4. The third-order valence-corrected chi connectivity index (χ3v) is 19.5. The van der Waals surface area contributed by atoms with Crippen LogP contribution in [0, 0.1) is 13.8 Å². The molecule has 0 aliphatic carbocycles. The number of aromatic nitrogens is 4. The van der Waals surface area contributed by atoms with E-state index in [1.165, 1.54) is 21.5 Å². The standard InChI is InChI=1S/C37H44N4O10S.C32H46N4O8/c1-3-30-31(20-33(50-30)41-21-25(2)34(42)38-35(41)43)51-37(45)48-18-17-39(22-26-11-5-4-6-12-26)23-28-14-9-10-16-40(28)36(44)49-24-29-19-27-13-7-8-15-32(27)52(29,46)47;1-6-25-26(18-27(42-25)36-19-22(2)28(37)33-29(36)38)43-31(40)41-17-16-34(20-23-12-8-7-9-13-23)21-24-14-10-11-15-35(24)30(39)44-32(3,4)5/h4-8,11-13,15,19,21,28,30-31,33H,3,9-10,14,16-18,20,22-24H2,1-2H3,(H,38,42,43);7-9,12-13,19,24-27H,6,10-11,14-18,20-21H2,1-5H3,(H,33,37,38)/t28?,30-,31?,33-;24?,25-,26?,27-/m11/s1. The number of ether oxygens (including phenoxy) is 8. The fraction of sp³-hybridized carbons (Fsp3) is 0.536. The maximum atomic E-state index is 13.4. The number of aryl methyl sites for hydroxylation is 2. The van der Waals surface area contributed by atoms with Gasteiger partial charge in [-0.05, 0) is 115 Å². The quantitative estimate of drug-likeness (QED) is 0.0483. The Labute approximate surface area is 558 Å². The molecule has 0 spiro atoms. The molecule has 5 aliphatic rings. The first kappa shape index (κ1) is 71.9. The molecule has 4 saturated heterocycles. The molecule has 5 aliphatic heterocycles. The van der Waals surface area contributed by atoms with Gasteiger partial charge < -0.3 is 47.7 Å². The normalized spacial score (nSPS) is 22.2. The summed E-state index contributed by atoms with van der Waals surface area (Å²) in [5.74, 6) is 0. The van der Waals surface area contributed by atoms with Crippen molar-refractivity contribution in [3.63, 3.8) is 0 Å². The summed E-state index contributed by atoms with van der Waals surface area (Å²) in [5, 5.41) is 0. The smallest absolute Gasteiger partial charge is 0.444 e. The highest BCUT2D eigenvalue weighted by Crippen LogP contribution is 2.35. The Kier molecular flexibility index (Phi) is 24.8. The first-order valence-corrected chi connectivity index (χ1v) is 34.6. The molecule has 2 amide bonds. The highest BCUT2D eigenvalue weighted by molar-refractivity contribution is 7.95. The van der Waals surface area contributed by atoms with Gasteiger partial charge in [-0.3, -0.25) is 38.5 Å². The van der Waals surface area contributed by atoms with Gasteiger partial charge in [0.1, 0.15) is 50.1 Å². The van der Waals surface area contributed by atoms with Gasteiger partial charge >= 0.3 is 35.9 Å². The van der Waals surface area contributed by atoms with E-state index in [0.717, 1.165) is 49.7 Å². The van der Waals surface area contributed by atoms with Gasteiger partial charge in [-0.1, -0.05) is 92.7 Å². The van der Waals surface area contributed by atoms with Crippen LogP contribution in [-0.2, 0) is 60.8 Å². The third kappa shape index (κ3) is 19.2. The second-order valence-electron chi connectivity index (χ2n) is 25.8. The van der Waals surface area contributed by atoms with Gasteiger partial charge in [0, 0.05) is 101 Å². The van der Waals surface area contributed by atoms with E-state index >= 15 is 0 Å². The first-order chi connectivity index (χ1) is 46.0. The largest absolute Gasteiger partial charge is 0.508 e. The van der Waals surface area contributed by atoms with Crippen LogP contribution in [0.4, 0.5) is 19.2 Å². The second kappa shape index (κ2) is 33.1. The Hall–Kier alpha value is -8.37. The number of carbonyl (C=O) groups excluding carboxylic acids is 4. The lowest BCUT2D eigenvalue weighted by Gasteiger charge is -2.39. The zero-order valence-corrected chi connectivity index (χ0v) is 56.5. The highest BCUT2D eigenvalue weighted by Gasteiger charge is 2.41. The van der Waals surface area contributed by atoms with E-state index in [1.807, 2.05) is 100 Å². The lowest BCUT2D eigenvalue weighted by molar-refractivity contribution is -0.0387. The van der Waals surface area contributed by atoms with E-state index in [2.05, 4.69) is 19.8 Å². The van der Waals surface area contributed by atoms with Crippen molar-refractivity contribution in [1.29, 1.82) is 0 Å². The Balaban J connectivity index is 0.000000229. The number of aromatic amines is 2. The lowest BCUT2D eigenvalue weighted by atomic mass is 10.0. The minimum absolute atomic E-state index is 0.0157.